The van der Waals surface area contributed by atoms with Crippen LogP contribution in [-0.4, -0.2) is 20.4 Å². The van der Waals surface area contributed by atoms with Crippen LogP contribution in [0.2, 0.25) is 0 Å². The summed E-state index contributed by atoms with van der Waals surface area (Å²) in [7, 11) is -3.65. The molecule has 2 N–H and O–H groups in total. The van der Waals surface area contributed by atoms with Crippen molar-refractivity contribution in [3.05, 3.63) is 58.3 Å². The summed E-state index contributed by atoms with van der Waals surface area (Å²) in [5, 5.41) is 2.61. The molecule has 0 unspecified atom stereocenters. The van der Waals surface area contributed by atoms with Crippen molar-refractivity contribution in [3.63, 3.8) is 0 Å². The number of carbonyl (C=O) groups excluding carboxylic acids is 1. The van der Waals surface area contributed by atoms with Gasteiger partial charge in [0, 0.05) is 16.2 Å². The van der Waals surface area contributed by atoms with Gasteiger partial charge in [0.2, 0.25) is 10.0 Å². The van der Waals surface area contributed by atoms with Gasteiger partial charge in [0.05, 0.1) is 10.5 Å². The third kappa shape index (κ3) is 4.00. The van der Waals surface area contributed by atoms with Crippen LogP contribution in [0.25, 0.3) is 0 Å². The van der Waals surface area contributed by atoms with Crippen LogP contribution in [0.4, 0.5) is 10.1 Å². The zero-order valence-corrected chi connectivity index (χ0v) is 14.8. The molecule has 2 aromatic rings. The lowest BCUT2D eigenvalue weighted by atomic mass is 10.2. The molecule has 0 atom stereocenters. The Bertz CT molecular complexity index is 881. The lowest BCUT2D eigenvalue weighted by Crippen LogP contribution is -2.26. The average molecular weight is 413 g/mol. The van der Waals surface area contributed by atoms with E-state index in [1.165, 1.54) is 42.5 Å². The number of benzene rings is 2. The van der Waals surface area contributed by atoms with E-state index in [9.17, 15) is 17.6 Å². The molecular formula is C16H14BrFN2O3S. The van der Waals surface area contributed by atoms with E-state index in [-0.39, 0.29) is 16.5 Å². The van der Waals surface area contributed by atoms with Gasteiger partial charge in [-0.25, -0.2) is 17.5 Å². The fraction of sp³-hybridized carbons (Fsp3) is 0.188. The van der Waals surface area contributed by atoms with Crippen LogP contribution in [0, 0.1) is 5.82 Å². The Labute approximate surface area is 147 Å². The van der Waals surface area contributed by atoms with E-state index in [0.717, 1.165) is 12.8 Å². The number of anilines is 1. The van der Waals surface area contributed by atoms with Crippen LogP contribution < -0.4 is 10.0 Å². The Morgan fingerprint density at radius 2 is 1.79 bits per heavy atom. The highest BCUT2D eigenvalue weighted by Gasteiger charge is 2.28. The summed E-state index contributed by atoms with van der Waals surface area (Å²) in [6, 6.07) is 9.55. The lowest BCUT2D eigenvalue weighted by Gasteiger charge is -2.10. The van der Waals surface area contributed by atoms with Gasteiger partial charge >= 0.3 is 0 Å². The van der Waals surface area contributed by atoms with E-state index in [1.54, 1.807) is 0 Å². The first kappa shape index (κ1) is 17.1. The van der Waals surface area contributed by atoms with Crippen molar-refractivity contribution in [3.8, 4) is 0 Å². The lowest BCUT2D eigenvalue weighted by molar-refractivity contribution is 0.102. The van der Waals surface area contributed by atoms with Crippen LogP contribution in [0.15, 0.2) is 51.8 Å². The summed E-state index contributed by atoms with van der Waals surface area (Å²) < 4.78 is 40.5. The molecule has 0 radical (unpaired) electrons. The molecule has 3 rings (SSSR count). The number of hydrogen-bond donors (Lipinski definition) is 2. The van der Waals surface area contributed by atoms with Gasteiger partial charge in [-0.05, 0) is 71.2 Å². The Hall–Kier alpha value is -1.77. The molecule has 1 fully saturated rings. The summed E-state index contributed by atoms with van der Waals surface area (Å²) in [6.07, 6.45) is 1.65. The van der Waals surface area contributed by atoms with Crippen LogP contribution >= 0.6 is 15.9 Å². The second-order valence-corrected chi connectivity index (χ2v) is 8.07. The van der Waals surface area contributed by atoms with E-state index in [1.807, 2.05) is 0 Å². The Morgan fingerprint density at radius 3 is 2.42 bits per heavy atom. The molecule has 5 nitrogen and oxygen atoms in total. The molecule has 0 heterocycles. The number of halogens is 2. The number of carbonyl (C=O) groups is 1. The number of rotatable bonds is 5. The van der Waals surface area contributed by atoms with Crippen molar-refractivity contribution in [2.75, 3.05) is 5.32 Å². The number of nitrogens with one attached hydrogen (secondary N) is 2. The van der Waals surface area contributed by atoms with Crippen molar-refractivity contribution in [1.29, 1.82) is 0 Å². The maximum Gasteiger partial charge on any atom is 0.256 e. The highest BCUT2D eigenvalue weighted by molar-refractivity contribution is 9.10. The molecule has 2 aromatic carbocycles. The Balaban J connectivity index is 1.85. The van der Waals surface area contributed by atoms with E-state index in [2.05, 4.69) is 26.0 Å². The van der Waals surface area contributed by atoms with Crippen molar-refractivity contribution >= 4 is 37.5 Å². The van der Waals surface area contributed by atoms with E-state index in [4.69, 9.17) is 0 Å². The highest BCUT2D eigenvalue weighted by Crippen LogP contribution is 2.25. The van der Waals surface area contributed by atoms with Crippen molar-refractivity contribution in [1.82, 2.24) is 4.72 Å². The summed E-state index contributed by atoms with van der Waals surface area (Å²) in [4.78, 5) is 12.4. The minimum Gasteiger partial charge on any atom is -0.322 e. The van der Waals surface area contributed by atoms with Gasteiger partial charge in [0.1, 0.15) is 5.82 Å². The van der Waals surface area contributed by atoms with Gasteiger partial charge in [-0.3, -0.25) is 4.79 Å². The molecule has 0 bridgehead atoms. The van der Waals surface area contributed by atoms with Gasteiger partial charge in [-0.1, -0.05) is 0 Å². The van der Waals surface area contributed by atoms with E-state index in [0.29, 0.717) is 10.2 Å². The molecular weight excluding hydrogens is 399 g/mol. The standard InChI is InChI=1S/C16H14BrFN2O3S/c17-15-8-7-13(24(22,23)20-12-5-6-12)9-14(15)16(21)19-11-3-1-10(18)2-4-11/h1-4,7-9,12,20H,5-6H2,(H,19,21). The predicted octanol–water partition coefficient (Wildman–Crippen LogP) is 3.28. The van der Waals surface area contributed by atoms with Crippen molar-refractivity contribution < 1.29 is 17.6 Å². The van der Waals surface area contributed by atoms with Crippen LogP contribution in [0.1, 0.15) is 23.2 Å². The maximum atomic E-state index is 12.9. The molecule has 1 aliphatic carbocycles. The largest absolute Gasteiger partial charge is 0.322 e. The van der Waals surface area contributed by atoms with Crippen LogP contribution in [0.5, 0.6) is 0 Å². The Morgan fingerprint density at radius 1 is 1.12 bits per heavy atom. The zero-order chi connectivity index (χ0) is 17.3. The van der Waals surface area contributed by atoms with Gasteiger partial charge < -0.3 is 5.32 Å². The molecule has 0 spiro atoms. The smallest absolute Gasteiger partial charge is 0.256 e. The Kier molecular flexibility index (Phi) is 4.71. The second-order valence-electron chi connectivity index (χ2n) is 5.50. The SMILES string of the molecule is O=C(Nc1ccc(F)cc1)c1cc(S(=O)(=O)NC2CC2)ccc1Br. The third-order valence-electron chi connectivity index (χ3n) is 3.49. The molecule has 0 saturated heterocycles. The summed E-state index contributed by atoms with van der Waals surface area (Å²) in [5.41, 5.74) is 0.593. The predicted molar refractivity (Wildman–Crippen MR) is 91.8 cm³/mol. The second kappa shape index (κ2) is 6.62. The first-order chi connectivity index (χ1) is 11.3. The zero-order valence-electron chi connectivity index (χ0n) is 12.4. The fourth-order valence-corrected chi connectivity index (χ4v) is 3.82. The molecule has 0 aliphatic heterocycles. The molecule has 1 saturated carbocycles. The highest BCUT2D eigenvalue weighted by atomic mass is 79.9. The third-order valence-corrected chi connectivity index (χ3v) is 5.70. The summed E-state index contributed by atoms with van der Waals surface area (Å²) in [5.74, 6) is -0.898. The van der Waals surface area contributed by atoms with Crippen molar-refractivity contribution in [2.24, 2.45) is 0 Å². The maximum absolute atomic E-state index is 12.9. The van der Waals surface area contributed by atoms with Gasteiger partial charge in [0.15, 0.2) is 0 Å². The summed E-state index contributed by atoms with van der Waals surface area (Å²) in [6.45, 7) is 0. The first-order valence-corrected chi connectivity index (χ1v) is 9.51. The molecule has 24 heavy (non-hydrogen) atoms. The number of hydrogen-bond acceptors (Lipinski definition) is 3. The topological polar surface area (TPSA) is 75.3 Å². The average Bonchev–Trinajstić information content (AvgIpc) is 3.33. The first-order valence-electron chi connectivity index (χ1n) is 7.24. The fourth-order valence-electron chi connectivity index (χ4n) is 2.07. The van der Waals surface area contributed by atoms with Crippen LogP contribution in [-0.2, 0) is 10.0 Å². The normalized spacial score (nSPS) is 14.4. The molecule has 8 heteroatoms. The van der Waals surface area contributed by atoms with E-state index >= 15 is 0 Å². The minimum atomic E-state index is -3.65. The van der Waals surface area contributed by atoms with E-state index < -0.39 is 21.7 Å². The van der Waals surface area contributed by atoms with Gasteiger partial charge in [-0.2, -0.15) is 0 Å². The monoisotopic (exact) mass is 412 g/mol. The van der Waals surface area contributed by atoms with Crippen LogP contribution in [0.3, 0.4) is 0 Å². The molecule has 0 aromatic heterocycles. The quantitative estimate of drug-likeness (QED) is 0.790. The molecule has 126 valence electrons. The molecule has 1 aliphatic rings. The minimum absolute atomic E-state index is 0.0184. The van der Waals surface area contributed by atoms with Gasteiger partial charge in [0.25, 0.3) is 5.91 Å². The van der Waals surface area contributed by atoms with Crippen molar-refractivity contribution in [2.45, 2.75) is 23.8 Å². The molecule has 1 amide bonds. The van der Waals surface area contributed by atoms with Gasteiger partial charge in [-0.15, -0.1) is 0 Å². The summed E-state index contributed by atoms with van der Waals surface area (Å²) >= 11 is 3.25. The number of sulfonamides is 1. The number of amides is 1.